The second-order valence-electron chi connectivity index (χ2n) is 6.72. The number of ether oxygens (including phenoxy) is 1. The molecule has 0 saturated carbocycles. The van der Waals surface area contributed by atoms with E-state index in [9.17, 15) is 4.79 Å². The third-order valence-electron chi connectivity index (χ3n) is 4.86. The molecule has 0 bridgehead atoms. The summed E-state index contributed by atoms with van der Waals surface area (Å²) in [5, 5.41) is 4.00. The zero-order valence-electron chi connectivity index (χ0n) is 17.3. The van der Waals surface area contributed by atoms with Crippen molar-refractivity contribution in [2.75, 3.05) is 24.6 Å². The topological polar surface area (TPSA) is 53.9 Å². The molecule has 1 N–H and O–H groups in total. The van der Waals surface area contributed by atoms with Gasteiger partial charge in [-0.15, -0.1) is 0 Å². The third kappa shape index (κ3) is 6.41. The first-order valence-corrected chi connectivity index (χ1v) is 9.97. The number of hydrogen-bond acceptors (Lipinski definition) is 4. The molecule has 0 heterocycles. The third-order valence-corrected chi connectivity index (χ3v) is 4.86. The molecule has 0 radical (unpaired) electrons. The normalized spacial score (nSPS) is 12.0. The van der Waals surface area contributed by atoms with Crippen LogP contribution < -0.4 is 15.1 Å². The zero-order chi connectivity index (χ0) is 20.4. The molecule has 0 saturated heterocycles. The highest BCUT2D eigenvalue weighted by Gasteiger charge is 2.05. The van der Waals surface area contributed by atoms with E-state index in [1.165, 1.54) is 11.3 Å². The minimum Gasteiger partial charge on any atom is -0.484 e. The van der Waals surface area contributed by atoms with Crippen LogP contribution in [0.1, 0.15) is 51.2 Å². The molecule has 0 aromatic heterocycles. The summed E-state index contributed by atoms with van der Waals surface area (Å²) in [5.74, 6) is 0.910. The first kappa shape index (κ1) is 21.5. The first-order valence-electron chi connectivity index (χ1n) is 9.97. The molecule has 0 fully saturated rings. The van der Waals surface area contributed by atoms with Gasteiger partial charge in [0.05, 0.1) is 6.21 Å². The summed E-state index contributed by atoms with van der Waals surface area (Å²) >= 11 is 0. The lowest BCUT2D eigenvalue weighted by Gasteiger charge is -2.20. The van der Waals surface area contributed by atoms with Gasteiger partial charge < -0.3 is 9.64 Å². The van der Waals surface area contributed by atoms with Gasteiger partial charge in [-0.1, -0.05) is 38.1 Å². The van der Waals surface area contributed by atoms with E-state index in [0.29, 0.717) is 11.7 Å². The Morgan fingerprint density at radius 2 is 1.71 bits per heavy atom. The average molecular weight is 382 g/mol. The van der Waals surface area contributed by atoms with Gasteiger partial charge in [0.1, 0.15) is 5.75 Å². The Labute approximate surface area is 168 Å². The molecule has 0 spiro atoms. The Kier molecular flexibility index (Phi) is 8.53. The number of nitrogens with zero attached hydrogens (tertiary/aromatic N) is 2. The highest BCUT2D eigenvalue weighted by Crippen LogP contribution is 2.21. The lowest BCUT2D eigenvalue weighted by molar-refractivity contribution is -0.123. The highest BCUT2D eigenvalue weighted by atomic mass is 16.5. The maximum absolute atomic E-state index is 11.9. The Morgan fingerprint density at radius 1 is 1.07 bits per heavy atom. The SMILES string of the molecule is CC[C@@H](C)c1ccc(OCC(=O)NN=Cc2ccc(N(CC)CC)cc2)cc1. The van der Waals surface area contributed by atoms with Crippen molar-refractivity contribution in [2.45, 2.75) is 40.0 Å². The van der Waals surface area contributed by atoms with Gasteiger partial charge in [0.25, 0.3) is 5.91 Å². The summed E-state index contributed by atoms with van der Waals surface area (Å²) in [4.78, 5) is 14.2. The van der Waals surface area contributed by atoms with E-state index >= 15 is 0 Å². The van der Waals surface area contributed by atoms with Gasteiger partial charge in [-0.2, -0.15) is 5.10 Å². The molecule has 150 valence electrons. The van der Waals surface area contributed by atoms with Crippen molar-refractivity contribution < 1.29 is 9.53 Å². The summed E-state index contributed by atoms with van der Waals surface area (Å²) in [6, 6.07) is 16.0. The van der Waals surface area contributed by atoms with Crippen LogP contribution >= 0.6 is 0 Å². The number of hydrogen-bond donors (Lipinski definition) is 1. The van der Waals surface area contributed by atoms with E-state index < -0.39 is 0 Å². The maximum atomic E-state index is 11.9. The van der Waals surface area contributed by atoms with Gasteiger partial charge in [-0.25, -0.2) is 5.43 Å². The molecular formula is C23H31N3O2. The summed E-state index contributed by atoms with van der Waals surface area (Å²) in [7, 11) is 0. The van der Waals surface area contributed by atoms with Gasteiger partial charge in [0.15, 0.2) is 6.61 Å². The summed E-state index contributed by atoms with van der Waals surface area (Å²) in [6.07, 6.45) is 2.73. The van der Waals surface area contributed by atoms with Gasteiger partial charge in [0.2, 0.25) is 0 Å². The smallest absolute Gasteiger partial charge is 0.277 e. The van der Waals surface area contributed by atoms with Crippen LogP contribution in [0, 0.1) is 0 Å². The van der Waals surface area contributed by atoms with Gasteiger partial charge in [-0.3, -0.25) is 4.79 Å². The molecule has 28 heavy (non-hydrogen) atoms. The van der Waals surface area contributed by atoms with E-state index in [4.69, 9.17) is 4.74 Å². The molecule has 5 heteroatoms. The van der Waals surface area contributed by atoms with E-state index in [1.54, 1.807) is 6.21 Å². The number of nitrogens with one attached hydrogen (secondary N) is 1. The number of anilines is 1. The minimum absolute atomic E-state index is 0.0685. The Balaban J connectivity index is 1.79. The van der Waals surface area contributed by atoms with Crippen molar-refractivity contribution in [1.82, 2.24) is 5.43 Å². The summed E-state index contributed by atoms with van der Waals surface area (Å²) in [5.41, 5.74) is 5.88. The van der Waals surface area contributed by atoms with Crippen molar-refractivity contribution in [2.24, 2.45) is 5.10 Å². The summed E-state index contributed by atoms with van der Waals surface area (Å²) in [6.45, 7) is 10.5. The predicted molar refractivity (Wildman–Crippen MR) is 116 cm³/mol. The fourth-order valence-corrected chi connectivity index (χ4v) is 2.85. The molecule has 5 nitrogen and oxygen atoms in total. The van der Waals surface area contributed by atoms with Crippen LogP contribution in [0.4, 0.5) is 5.69 Å². The van der Waals surface area contributed by atoms with E-state index in [0.717, 1.165) is 25.1 Å². The molecule has 2 rings (SSSR count). The fraction of sp³-hybridized carbons (Fsp3) is 0.391. The first-order chi connectivity index (χ1) is 13.6. The predicted octanol–water partition coefficient (Wildman–Crippen LogP) is 4.58. The molecule has 0 aliphatic rings. The molecule has 2 aromatic carbocycles. The standard InChI is InChI=1S/C23H31N3O2/c1-5-18(4)20-10-14-22(15-11-20)28-17-23(27)25-24-16-19-8-12-21(13-9-19)26(6-2)7-3/h8-16,18H,5-7,17H2,1-4H3,(H,25,27)/t18-/m1/s1. The zero-order valence-corrected chi connectivity index (χ0v) is 17.3. The van der Waals surface area contributed by atoms with Crippen molar-refractivity contribution in [1.29, 1.82) is 0 Å². The van der Waals surface area contributed by atoms with Crippen LogP contribution in [0.25, 0.3) is 0 Å². The average Bonchev–Trinajstić information content (AvgIpc) is 2.74. The quantitative estimate of drug-likeness (QED) is 0.484. The van der Waals surface area contributed by atoms with Crippen LogP contribution in [-0.4, -0.2) is 31.8 Å². The molecule has 1 atom stereocenters. The number of benzene rings is 2. The Bertz CT molecular complexity index is 750. The molecule has 0 aliphatic heterocycles. The van der Waals surface area contributed by atoms with Crippen LogP contribution in [0.15, 0.2) is 53.6 Å². The van der Waals surface area contributed by atoms with Crippen molar-refractivity contribution in [3.8, 4) is 5.75 Å². The number of carbonyl (C=O) groups excluding carboxylic acids is 1. The number of hydrazone groups is 1. The molecule has 0 aliphatic carbocycles. The molecule has 2 aromatic rings. The van der Waals surface area contributed by atoms with Crippen LogP contribution in [0.2, 0.25) is 0 Å². The number of rotatable bonds is 10. The maximum Gasteiger partial charge on any atom is 0.277 e. The molecular weight excluding hydrogens is 350 g/mol. The fourth-order valence-electron chi connectivity index (χ4n) is 2.85. The van der Waals surface area contributed by atoms with Crippen molar-refractivity contribution in [3.63, 3.8) is 0 Å². The van der Waals surface area contributed by atoms with E-state index in [1.807, 2.05) is 36.4 Å². The van der Waals surface area contributed by atoms with Crippen LogP contribution in [-0.2, 0) is 4.79 Å². The van der Waals surface area contributed by atoms with Crippen molar-refractivity contribution >= 4 is 17.8 Å². The second kappa shape index (κ2) is 11.1. The Morgan fingerprint density at radius 3 is 2.29 bits per heavy atom. The Hall–Kier alpha value is -2.82. The van der Waals surface area contributed by atoms with E-state index in [-0.39, 0.29) is 12.5 Å². The molecule has 0 unspecified atom stereocenters. The van der Waals surface area contributed by atoms with Gasteiger partial charge in [0, 0.05) is 18.8 Å². The molecule has 1 amide bonds. The number of amides is 1. The van der Waals surface area contributed by atoms with Gasteiger partial charge in [-0.05, 0) is 61.6 Å². The van der Waals surface area contributed by atoms with Crippen molar-refractivity contribution in [3.05, 3.63) is 59.7 Å². The monoisotopic (exact) mass is 381 g/mol. The van der Waals surface area contributed by atoms with Gasteiger partial charge >= 0.3 is 0 Å². The highest BCUT2D eigenvalue weighted by molar-refractivity contribution is 5.83. The number of carbonyl (C=O) groups is 1. The van der Waals surface area contributed by atoms with Crippen LogP contribution in [0.5, 0.6) is 5.75 Å². The van der Waals surface area contributed by atoms with E-state index in [2.05, 4.69) is 55.3 Å². The minimum atomic E-state index is -0.290. The van der Waals surface area contributed by atoms with Crippen LogP contribution in [0.3, 0.4) is 0 Å². The lowest BCUT2D eigenvalue weighted by atomic mass is 9.99. The summed E-state index contributed by atoms with van der Waals surface area (Å²) < 4.78 is 5.51. The lowest BCUT2D eigenvalue weighted by Crippen LogP contribution is -2.24. The largest absolute Gasteiger partial charge is 0.484 e. The second-order valence-corrected chi connectivity index (χ2v) is 6.72.